The molecule has 0 spiro atoms. The average molecular weight is 197 g/mol. The van der Waals surface area contributed by atoms with Gasteiger partial charge in [0.15, 0.2) is 5.84 Å². The highest BCUT2D eigenvalue weighted by Crippen LogP contribution is 2.09. The minimum absolute atomic E-state index is 0.617. The quantitative estimate of drug-likeness (QED) is 0.672. The molecule has 0 fully saturated rings. The molecule has 4 nitrogen and oxygen atoms in total. The van der Waals surface area contributed by atoms with E-state index >= 15 is 0 Å². The van der Waals surface area contributed by atoms with E-state index in [-0.39, 0.29) is 0 Å². The van der Waals surface area contributed by atoms with E-state index in [0.717, 1.165) is 24.6 Å². The van der Waals surface area contributed by atoms with Crippen LogP contribution in [0.15, 0.2) is 23.3 Å². The maximum absolute atomic E-state index is 5.71. The molecule has 0 amide bonds. The summed E-state index contributed by atoms with van der Waals surface area (Å²) in [5.74, 6) is 6.41. The van der Waals surface area contributed by atoms with Crippen LogP contribution < -0.4 is 5.84 Å². The maximum Gasteiger partial charge on any atom is 0.164 e. The van der Waals surface area contributed by atoms with Crippen molar-refractivity contribution in [1.29, 1.82) is 0 Å². The van der Waals surface area contributed by atoms with Crippen molar-refractivity contribution in [2.24, 2.45) is 10.8 Å². The number of aromatic nitrogens is 1. The predicted molar refractivity (Wildman–Crippen MR) is 51.5 cm³/mol. The number of nitrogens with two attached hydrogens (primary N) is 1. The van der Waals surface area contributed by atoms with Crippen molar-refractivity contribution >= 4 is 17.4 Å². The van der Waals surface area contributed by atoms with E-state index in [9.17, 15) is 0 Å². The summed E-state index contributed by atoms with van der Waals surface area (Å²) >= 11 is 5.71. The molecular weight excluding hydrogens is 188 g/mol. The Morgan fingerprint density at radius 3 is 2.85 bits per heavy atom. The Kier molecular flexibility index (Phi) is 2.16. The molecule has 68 valence electrons. The zero-order chi connectivity index (χ0) is 9.26. The second-order valence-electron chi connectivity index (χ2n) is 2.76. The number of aliphatic imine (C=N–C) groups is 1. The van der Waals surface area contributed by atoms with Crippen LogP contribution in [0.5, 0.6) is 0 Å². The number of nitrogens with zero attached hydrogens (tertiary/aromatic N) is 3. The van der Waals surface area contributed by atoms with Gasteiger partial charge in [-0.3, -0.25) is 15.0 Å². The monoisotopic (exact) mass is 196 g/mol. The molecule has 0 aromatic carbocycles. The molecule has 0 radical (unpaired) electrons. The van der Waals surface area contributed by atoms with Crippen LogP contribution in [0.2, 0.25) is 5.02 Å². The van der Waals surface area contributed by atoms with Crippen molar-refractivity contribution in [2.75, 3.05) is 13.1 Å². The van der Waals surface area contributed by atoms with E-state index in [1.54, 1.807) is 17.3 Å². The van der Waals surface area contributed by atoms with Gasteiger partial charge in [0.25, 0.3) is 0 Å². The predicted octanol–water partition coefficient (Wildman–Crippen LogP) is 0.671. The van der Waals surface area contributed by atoms with Crippen molar-refractivity contribution < 1.29 is 0 Å². The van der Waals surface area contributed by atoms with Gasteiger partial charge >= 0.3 is 0 Å². The van der Waals surface area contributed by atoms with Gasteiger partial charge in [-0.1, -0.05) is 11.6 Å². The van der Waals surface area contributed by atoms with Gasteiger partial charge in [0.1, 0.15) is 5.69 Å². The summed E-state index contributed by atoms with van der Waals surface area (Å²) in [4.78, 5) is 8.35. The first-order valence-electron chi connectivity index (χ1n) is 3.96. The van der Waals surface area contributed by atoms with Crippen molar-refractivity contribution in [3.05, 3.63) is 29.0 Å². The molecule has 5 heteroatoms. The molecule has 1 aromatic heterocycles. The molecule has 1 aliphatic rings. The molecule has 1 aromatic rings. The molecule has 0 saturated heterocycles. The zero-order valence-electron chi connectivity index (χ0n) is 6.94. The molecule has 13 heavy (non-hydrogen) atoms. The van der Waals surface area contributed by atoms with Crippen molar-refractivity contribution in [1.82, 2.24) is 9.99 Å². The number of amidine groups is 1. The first-order chi connectivity index (χ1) is 6.27. The van der Waals surface area contributed by atoms with Gasteiger partial charge in [-0.15, -0.1) is 0 Å². The number of hydrogen-bond acceptors (Lipinski definition) is 4. The van der Waals surface area contributed by atoms with Gasteiger partial charge in [0, 0.05) is 6.20 Å². The maximum atomic E-state index is 5.71. The Hall–Kier alpha value is -1.13. The summed E-state index contributed by atoms with van der Waals surface area (Å²) in [5, 5.41) is 2.21. The van der Waals surface area contributed by atoms with Gasteiger partial charge in [-0.2, -0.15) is 0 Å². The van der Waals surface area contributed by atoms with Gasteiger partial charge in [0.2, 0.25) is 0 Å². The molecular formula is C8H9ClN4. The lowest BCUT2D eigenvalue weighted by Gasteiger charge is -2.11. The Labute approximate surface area is 81.0 Å². The lowest BCUT2D eigenvalue weighted by molar-refractivity contribution is 0.483. The number of hydrogen-bond donors (Lipinski definition) is 1. The minimum atomic E-state index is 0.617. The third kappa shape index (κ3) is 1.64. The topological polar surface area (TPSA) is 54.5 Å². The van der Waals surface area contributed by atoms with Crippen molar-refractivity contribution in [3.63, 3.8) is 0 Å². The van der Waals surface area contributed by atoms with Gasteiger partial charge in [-0.05, 0) is 12.1 Å². The van der Waals surface area contributed by atoms with Gasteiger partial charge in [-0.25, -0.2) is 5.84 Å². The summed E-state index contributed by atoms with van der Waals surface area (Å²) in [6.45, 7) is 1.48. The fourth-order valence-electron chi connectivity index (χ4n) is 1.20. The summed E-state index contributed by atoms with van der Waals surface area (Å²) in [6, 6.07) is 3.59. The van der Waals surface area contributed by atoms with Crippen LogP contribution in [0, 0.1) is 0 Å². The Morgan fingerprint density at radius 1 is 1.46 bits per heavy atom. The highest BCUT2D eigenvalue weighted by Gasteiger charge is 2.15. The average Bonchev–Trinajstić information content (AvgIpc) is 2.53. The Balaban J connectivity index is 2.30. The van der Waals surface area contributed by atoms with Gasteiger partial charge in [0.05, 0.1) is 18.1 Å². The molecule has 0 bridgehead atoms. The van der Waals surface area contributed by atoms with Crippen molar-refractivity contribution in [3.8, 4) is 0 Å². The summed E-state index contributed by atoms with van der Waals surface area (Å²) in [6.07, 6.45) is 1.59. The van der Waals surface area contributed by atoms with Gasteiger partial charge < -0.3 is 0 Å². The lowest BCUT2D eigenvalue weighted by atomic mass is 10.3. The summed E-state index contributed by atoms with van der Waals surface area (Å²) in [7, 11) is 0. The van der Waals surface area contributed by atoms with Crippen LogP contribution in [-0.2, 0) is 0 Å². The first kappa shape index (κ1) is 8.47. The first-order valence-corrected chi connectivity index (χ1v) is 4.34. The molecule has 0 unspecified atom stereocenters. The molecule has 0 aliphatic carbocycles. The normalized spacial score (nSPS) is 16.2. The van der Waals surface area contributed by atoms with E-state index in [4.69, 9.17) is 17.4 Å². The lowest BCUT2D eigenvalue weighted by Crippen LogP contribution is -2.35. The van der Waals surface area contributed by atoms with Crippen LogP contribution in [0.1, 0.15) is 5.69 Å². The molecule has 0 saturated carbocycles. The minimum Gasteiger partial charge on any atom is -0.291 e. The fraction of sp³-hybridized carbons (Fsp3) is 0.250. The second kappa shape index (κ2) is 3.32. The third-order valence-corrected chi connectivity index (χ3v) is 2.05. The van der Waals surface area contributed by atoms with E-state index in [1.807, 2.05) is 6.07 Å². The van der Waals surface area contributed by atoms with E-state index < -0.39 is 0 Å². The van der Waals surface area contributed by atoms with E-state index in [1.165, 1.54) is 0 Å². The third-order valence-electron chi connectivity index (χ3n) is 1.83. The highest BCUT2D eigenvalue weighted by atomic mass is 35.5. The smallest absolute Gasteiger partial charge is 0.164 e. The number of pyridine rings is 1. The standard InChI is InChI=1S/C8H9ClN4/c9-6-1-2-7(12-5-6)8-11-3-4-13(8)10/h1-2,5H,3-4,10H2. The molecule has 2 N–H and O–H groups in total. The van der Waals surface area contributed by atoms with Crippen LogP contribution >= 0.6 is 11.6 Å². The SMILES string of the molecule is NN1CCN=C1c1ccc(Cl)cn1. The Morgan fingerprint density at radius 2 is 2.31 bits per heavy atom. The number of hydrazine groups is 1. The van der Waals surface area contributed by atoms with E-state index in [2.05, 4.69) is 9.98 Å². The summed E-state index contributed by atoms with van der Waals surface area (Å²) in [5.41, 5.74) is 0.768. The molecule has 2 heterocycles. The zero-order valence-corrected chi connectivity index (χ0v) is 7.70. The largest absolute Gasteiger partial charge is 0.291 e. The fourth-order valence-corrected chi connectivity index (χ4v) is 1.31. The van der Waals surface area contributed by atoms with Crippen LogP contribution in [0.3, 0.4) is 0 Å². The Bertz CT molecular complexity index is 333. The van der Waals surface area contributed by atoms with Crippen LogP contribution in [-0.4, -0.2) is 28.9 Å². The van der Waals surface area contributed by atoms with Crippen LogP contribution in [0.4, 0.5) is 0 Å². The second-order valence-corrected chi connectivity index (χ2v) is 3.20. The highest BCUT2D eigenvalue weighted by molar-refractivity contribution is 6.30. The van der Waals surface area contributed by atoms with Crippen LogP contribution in [0.25, 0.3) is 0 Å². The number of rotatable bonds is 1. The number of halogens is 1. The summed E-state index contributed by atoms with van der Waals surface area (Å²) < 4.78 is 0. The molecule has 2 rings (SSSR count). The molecule has 0 atom stereocenters. The van der Waals surface area contributed by atoms with E-state index in [0.29, 0.717) is 5.02 Å². The van der Waals surface area contributed by atoms with Crippen molar-refractivity contribution in [2.45, 2.75) is 0 Å². The molecule has 1 aliphatic heterocycles.